The summed E-state index contributed by atoms with van der Waals surface area (Å²) < 4.78 is 4.67. The van der Waals surface area contributed by atoms with Crippen LogP contribution in [0.5, 0.6) is 5.75 Å². The second-order valence-corrected chi connectivity index (χ2v) is 14.5. The fraction of sp³-hybridized carbons (Fsp3) is 0.516. The van der Waals surface area contributed by atoms with Crippen LogP contribution < -0.4 is 15.4 Å². The topological polar surface area (TPSA) is 108 Å². The van der Waals surface area contributed by atoms with E-state index in [1.165, 1.54) is 0 Å². The van der Waals surface area contributed by atoms with Crippen molar-refractivity contribution < 1.29 is 24.2 Å². The molecule has 3 heterocycles. The van der Waals surface area contributed by atoms with E-state index in [4.69, 9.17) is 16.3 Å². The van der Waals surface area contributed by atoms with Crippen LogP contribution in [0, 0.1) is 24.7 Å². The number of hydrogen-bond donors (Lipinski definition) is 3. The number of alkyl halides is 1. The second kappa shape index (κ2) is 12.4. The molecule has 3 aliphatic rings. The zero-order chi connectivity index (χ0) is 30.3. The highest BCUT2D eigenvalue weighted by molar-refractivity contribution is 9.09. The maximum atomic E-state index is 14.5. The number of nitrogens with zero attached hydrogens (tertiary/aromatic N) is 1. The molecule has 42 heavy (non-hydrogen) atoms. The molecule has 0 saturated carbocycles. The average molecular weight is 679 g/mol. The van der Waals surface area contributed by atoms with E-state index in [1.54, 1.807) is 47.0 Å². The Balaban J connectivity index is 1.53. The number of carbonyl (C=O) groups excluding carboxylic acids is 3. The van der Waals surface area contributed by atoms with E-state index in [1.807, 2.05) is 39.8 Å². The smallest absolute Gasteiger partial charge is 0.248 e. The van der Waals surface area contributed by atoms with Crippen LogP contribution in [-0.4, -0.2) is 67.8 Å². The molecular weight excluding hydrogens is 642 g/mol. The molecule has 3 saturated heterocycles. The number of carbonyl (C=O) groups is 3. The zero-order valence-corrected chi connectivity index (χ0v) is 27.3. The Morgan fingerprint density at radius 1 is 1.19 bits per heavy atom. The lowest BCUT2D eigenvalue weighted by Crippen LogP contribution is -2.56. The van der Waals surface area contributed by atoms with Crippen molar-refractivity contribution >= 4 is 68.4 Å². The third-order valence-corrected chi connectivity index (χ3v) is 12.6. The van der Waals surface area contributed by atoms with Crippen molar-refractivity contribution in [2.24, 2.45) is 17.8 Å². The van der Waals surface area contributed by atoms with Gasteiger partial charge in [0, 0.05) is 15.8 Å². The SMILES string of the molecule is CCOc1ccc(NC(=O)[C@H]2[C@@H]3SC4(CC3Br)C(C(=O)Nc3c(C)cccc3Cl)N([C@@H](CO)[C@@H](C)CC)C(=O)[C@H]24)cc1. The lowest BCUT2D eigenvalue weighted by atomic mass is 9.70. The molecule has 0 aliphatic carbocycles. The van der Waals surface area contributed by atoms with Gasteiger partial charge in [0.05, 0.1) is 46.5 Å². The fourth-order valence-electron chi connectivity index (χ4n) is 6.85. The molecule has 3 fully saturated rings. The van der Waals surface area contributed by atoms with Gasteiger partial charge in [-0.05, 0) is 62.1 Å². The van der Waals surface area contributed by atoms with Crippen LogP contribution in [0.2, 0.25) is 5.02 Å². The maximum absolute atomic E-state index is 14.5. The number of benzene rings is 2. The summed E-state index contributed by atoms with van der Waals surface area (Å²) >= 11 is 11.8. The van der Waals surface area contributed by atoms with E-state index in [0.717, 1.165) is 5.56 Å². The number of likely N-dealkylation sites (tertiary alicyclic amines) is 1. The summed E-state index contributed by atoms with van der Waals surface area (Å²) in [6, 6.07) is 11.1. The van der Waals surface area contributed by atoms with Crippen molar-refractivity contribution in [3.8, 4) is 5.75 Å². The Hall–Kier alpha value is -2.27. The minimum absolute atomic E-state index is 0.0652. The lowest BCUT2D eigenvalue weighted by molar-refractivity contribution is -0.142. The highest BCUT2D eigenvalue weighted by Crippen LogP contribution is 2.68. The monoisotopic (exact) mass is 677 g/mol. The fourth-order valence-corrected chi connectivity index (χ4v) is 10.7. The number of anilines is 2. The van der Waals surface area contributed by atoms with E-state index < -0.39 is 28.7 Å². The molecule has 3 amide bonds. The number of ether oxygens (including phenoxy) is 1. The number of halogens is 2. The Morgan fingerprint density at radius 3 is 2.52 bits per heavy atom. The number of amides is 3. The molecule has 1 spiro atoms. The predicted molar refractivity (Wildman–Crippen MR) is 170 cm³/mol. The van der Waals surface area contributed by atoms with Crippen LogP contribution >= 0.6 is 39.3 Å². The average Bonchev–Trinajstić information content (AvgIpc) is 3.56. The highest BCUT2D eigenvalue weighted by atomic mass is 79.9. The number of aryl methyl sites for hydroxylation is 1. The van der Waals surface area contributed by atoms with Crippen molar-refractivity contribution in [2.75, 3.05) is 23.8 Å². The van der Waals surface area contributed by atoms with Gasteiger partial charge in [-0.15, -0.1) is 11.8 Å². The normalized spacial score (nSPS) is 29.3. The summed E-state index contributed by atoms with van der Waals surface area (Å²) in [6.07, 6.45) is 1.25. The Kier molecular flexibility index (Phi) is 9.19. The number of para-hydroxylation sites is 1. The molecule has 2 aromatic carbocycles. The predicted octanol–water partition coefficient (Wildman–Crippen LogP) is 5.50. The summed E-state index contributed by atoms with van der Waals surface area (Å²) in [5, 5.41) is 16.8. The lowest BCUT2D eigenvalue weighted by Gasteiger charge is -2.39. The third kappa shape index (κ3) is 5.22. The van der Waals surface area contributed by atoms with Gasteiger partial charge >= 0.3 is 0 Å². The first-order valence-electron chi connectivity index (χ1n) is 14.4. The number of thioether (sulfide) groups is 1. The van der Waals surface area contributed by atoms with Gasteiger partial charge in [0.2, 0.25) is 17.7 Å². The van der Waals surface area contributed by atoms with E-state index in [0.29, 0.717) is 41.6 Å². The summed E-state index contributed by atoms with van der Waals surface area (Å²) in [5.41, 5.74) is 1.91. The molecule has 11 heteroatoms. The first kappa shape index (κ1) is 31.2. The number of nitrogens with one attached hydrogen (secondary N) is 2. The van der Waals surface area contributed by atoms with Gasteiger partial charge in [-0.1, -0.05) is 59.9 Å². The number of fused-ring (bicyclic) bond motifs is 1. The van der Waals surface area contributed by atoms with Gasteiger partial charge in [0.1, 0.15) is 11.8 Å². The molecule has 0 aromatic heterocycles. The molecule has 8 atom stereocenters. The first-order valence-corrected chi connectivity index (χ1v) is 16.6. The van der Waals surface area contributed by atoms with Gasteiger partial charge in [0.25, 0.3) is 0 Å². The van der Waals surface area contributed by atoms with Crippen LogP contribution in [0.1, 0.15) is 39.2 Å². The molecule has 8 nitrogen and oxygen atoms in total. The molecule has 3 aliphatic heterocycles. The minimum atomic E-state index is -0.893. The molecule has 226 valence electrons. The standard InChI is InChI=1S/C31H37BrClN3O5S/c1-5-16(3)22(15-37)36-27(29(39)35-25-17(4)8-7-9-21(25)33)31-14-20(32)26(42-31)23(24(31)30(36)40)28(38)34-18-10-12-19(13-11-18)41-6-2/h7-13,16,20,22-24,26-27,37H,5-6,14-15H2,1-4H3,(H,34,38)(H,35,39)/t16-,20?,22-,23+,24-,26+,27?,31?/m0/s1. The quantitative estimate of drug-likeness (QED) is 0.287. The van der Waals surface area contributed by atoms with Gasteiger partial charge in [0.15, 0.2) is 0 Å². The summed E-state index contributed by atoms with van der Waals surface area (Å²) in [5.74, 6) is -1.61. The molecule has 3 N–H and O–H groups in total. The van der Waals surface area contributed by atoms with E-state index in [9.17, 15) is 19.5 Å². The number of aliphatic hydroxyl groups excluding tert-OH is 1. The van der Waals surface area contributed by atoms with Crippen molar-refractivity contribution in [3.63, 3.8) is 0 Å². The molecule has 3 unspecified atom stereocenters. The van der Waals surface area contributed by atoms with E-state index in [2.05, 4.69) is 26.6 Å². The van der Waals surface area contributed by atoms with Crippen LogP contribution in [0.4, 0.5) is 11.4 Å². The number of aliphatic hydroxyl groups is 1. The Morgan fingerprint density at radius 2 is 1.90 bits per heavy atom. The summed E-state index contributed by atoms with van der Waals surface area (Å²) in [7, 11) is 0. The number of rotatable bonds is 10. The van der Waals surface area contributed by atoms with Gasteiger partial charge < -0.3 is 25.4 Å². The van der Waals surface area contributed by atoms with Gasteiger partial charge in [-0.3, -0.25) is 14.4 Å². The van der Waals surface area contributed by atoms with Crippen LogP contribution in [0.15, 0.2) is 42.5 Å². The maximum Gasteiger partial charge on any atom is 0.248 e. The second-order valence-electron chi connectivity index (χ2n) is 11.4. The van der Waals surface area contributed by atoms with Crippen LogP contribution in [0.25, 0.3) is 0 Å². The highest BCUT2D eigenvalue weighted by Gasteiger charge is 2.76. The first-order chi connectivity index (χ1) is 20.1. The molecule has 2 aromatic rings. The van der Waals surface area contributed by atoms with Crippen molar-refractivity contribution in [1.29, 1.82) is 0 Å². The molecule has 5 rings (SSSR count). The van der Waals surface area contributed by atoms with Gasteiger partial charge in [-0.2, -0.15) is 0 Å². The Bertz CT molecular complexity index is 1340. The van der Waals surface area contributed by atoms with Crippen molar-refractivity contribution in [1.82, 2.24) is 4.90 Å². The molecular formula is C31H37BrClN3O5S. The van der Waals surface area contributed by atoms with E-state index in [-0.39, 0.29) is 40.3 Å². The zero-order valence-electron chi connectivity index (χ0n) is 24.1. The van der Waals surface area contributed by atoms with Crippen LogP contribution in [0.3, 0.4) is 0 Å². The minimum Gasteiger partial charge on any atom is -0.494 e. The van der Waals surface area contributed by atoms with Crippen molar-refractivity contribution in [2.45, 2.75) is 67.4 Å². The summed E-state index contributed by atoms with van der Waals surface area (Å²) in [4.78, 5) is 44.2. The van der Waals surface area contributed by atoms with Gasteiger partial charge in [-0.25, -0.2) is 0 Å². The van der Waals surface area contributed by atoms with E-state index >= 15 is 0 Å². The Labute approximate surface area is 264 Å². The molecule has 0 radical (unpaired) electrons. The van der Waals surface area contributed by atoms with Crippen molar-refractivity contribution in [3.05, 3.63) is 53.1 Å². The largest absolute Gasteiger partial charge is 0.494 e. The molecule has 2 bridgehead atoms. The number of hydrogen-bond acceptors (Lipinski definition) is 6. The third-order valence-electron chi connectivity index (χ3n) is 9.03. The van der Waals surface area contributed by atoms with Crippen LogP contribution in [-0.2, 0) is 14.4 Å². The summed E-state index contributed by atoms with van der Waals surface area (Å²) in [6.45, 7) is 7.99.